The average molecular weight is 374 g/mol. The molecule has 0 aromatic heterocycles. The van der Waals surface area contributed by atoms with E-state index in [-0.39, 0.29) is 24.5 Å². The SMILES string of the molecule is Cc1ccc(C)c(OCCC(=O)NC2CC(N(CC(=O)O)CC3CC3)C2)c1. The highest BCUT2D eigenvalue weighted by Gasteiger charge is 2.37. The van der Waals surface area contributed by atoms with Crippen molar-refractivity contribution in [1.29, 1.82) is 0 Å². The Morgan fingerprint density at radius 2 is 2.00 bits per heavy atom. The van der Waals surface area contributed by atoms with E-state index >= 15 is 0 Å². The Bertz CT molecular complexity index is 681. The molecule has 1 aromatic carbocycles. The Morgan fingerprint density at radius 1 is 1.26 bits per heavy atom. The van der Waals surface area contributed by atoms with E-state index in [0.717, 1.165) is 36.3 Å². The van der Waals surface area contributed by atoms with Crippen LogP contribution in [0, 0.1) is 19.8 Å². The Balaban J connectivity index is 1.35. The van der Waals surface area contributed by atoms with Crippen LogP contribution in [0.4, 0.5) is 0 Å². The van der Waals surface area contributed by atoms with Crippen LogP contribution in [-0.4, -0.2) is 53.7 Å². The maximum Gasteiger partial charge on any atom is 0.317 e. The molecule has 3 rings (SSSR count). The second-order valence-corrected chi connectivity index (χ2v) is 8.02. The molecule has 1 amide bonds. The fourth-order valence-corrected chi connectivity index (χ4v) is 3.57. The van der Waals surface area contributed by atoms with E-state index in [0.29, 0.717) is 18.9 Å². The third-order valence-electron chi connectivity index (χ3n) is 5.45. The van der Waals surface area contributed by atoms with Gasteiger partial charge in [0.15, 0.2) is 0 Å². The van der Waals surface area contributed by atoms with Crippen LogP contribution in [0.2, 0.25) is 0 Å². The van der Waals surface area contributed by atoms with Gasteiger partial charge in [0.1, 0.15) is 5.75 Å². The molecular formula is C21H30N2O4. The number of benzene rings is 1. The number of carbonyl (C=O) groups excluding carboxylic acids is 1. The molecule has 0 saturated heterocycles. The molecule has 2 aliphatic carbocycles. The molecule has 2 saturated carbocycles. The Morgan fingerprint density at radius 3 is 2.67 bits per heavy atom. The molecule has 2 N–H and O–H groups in total. The van der Waals surface area contributed by atoms with Crippen molar-refractivity contribution >= 4 is 11.9 Å². The first-order valence-corrected chi connectivity index (χ1v) is 9.86. The van der Waals surface area contributed by atoms with Crippen molar-refractivity contribution in [3.8, 4) is 5.75 Å². The quantitative estimate of drug-likeness (QED) is 0.658. The number of carboxylic acid groups (broad SMARTS) is 1. The summed E-state index contributed by atoms with van der Waals surface area (Å²) in [4.78, 5) is 25.3. The maximum atomic E-state index is 12.1. The number of carbonyl (C=O) groups is 2. The lowest BCUT2D eigenvalue weighted by atomic mass is 9.85. The summed E-state index contributed by atoms with van der Waals surface area (Å²) >= 11 is 0. The number of carboxylic acids is 1. The van der Waals surface area contributed by atoms with Crippen molar-refractivity contribution < 1.29 is 19.4 Å². The van der Waals surface area contributed by atoms with Crippen LogP contribution in [0.5, 0.6) is 5.75 Å². The van der Waals surface area contributed by atoms with Crippen molar-refractivity contribution in [3.63, 3.8) is 0 Å². The summed E-state index contributed by atoms with van der Waals surface area (Å²) in [6, 6.07) is 6.47. The van der Waals surface area contributed by atoms with Crippen molar-refractivity contribution in [2.75, 3.05) is 19.7 Å². The van der Waals surface area contributed by atoms with Gasteiger partial charge in [-0.25, -0.2) is 0 Å². The van der Waals surface area contributed by atoms with Gasteiger partial charge < -0.3 is 15.2 Å². The smallest absolute Gasteiger partial charge is 0.317 e. The molecule has 0 spiro atoms. The predicted octanol–water partition coefficient (Wildman–Crippen LogP) is 2.52. The Labute approximate surface area is 160 Å². The molecule has 0 radical (unpaired) electrons. The largest absolute Gasteiger partial charge is 0.493 e. The summed E-state index contributed by atoms with van der Waals surface area (Å²) in [5, 5.41) is 12.1. The number of hydrogen-bond acceptors (Lipinski definition) is 4. The summed E-state index contributed by atoms with van der Waals surface area (Å²) in [6.45, 7) is 5.35. The lowest BCUT2D eigenvalue weighted by molar-refractivity contribution is -0.140. The Hall–Kier alpha value is -2.08. The molecule has 2 fully saturated rings. The van der Waals surface area contributed by atoms with E-state index in [9.17, 15) is 9.59 Å². The summed E-state index contributed by atoms with van der Waals surface area (Å²) in [5.74, 6) is 0.721. The predicted molar refractivity (Wildman–Crippen MR) is 103 cm³/mol. The second kappa shape index (κ2) is 8.74. The number of ether oxygens (including phenoxy) is 1. The standard InChI is InChI=1S/C21H30N2O4/c1-14-3-4-15(2)19(9-14)27-8-7-20(24)22-17-10-18(11-17)23(13-21(25)26)12-16-5-6-16/h3-4,9,16-18H,5-8,10-13H2,1-2H3,(H,22,24)(H,25,26). The Kier molecular flexibility index (Phi) is 6.37. The van der Waals surface area contributed by atoms with Gasteiger partial charge in [-0.2, -0.15) is 0 Å². The van der Waals surface area contributed by atoms with Gasteiger partial charge in [-0.3, -0.25) is 14.5 Å². The molecule has 2 aliphatic rings. The third-order valence-corrected chi connectivity index (χ3v) is 5.45. The van der Waals surface area contributed by atoms with Crippen molar-refractivity contribution in [2.24, 2.45) is 5.92 Å². The molecule has 6 nitrogen and oxygen atoms in total. The van der Waals surface area contributed by atoms with Gasteiger partial charge >= 0.3 is 5.97 Å². The fraction of sp³-hybridized carbons (Fsp3) is 0.619. The number of nitrogens with zero attached hydrogens (tertiary/aromatic N) is 1. The molecule has 6 heteroatoms. The van der Waals surface area contributed by atoms with Gasteiger partial charge in [0.25, 0.3) is 0 Å². The van der Waals surface area contributed by atoms with E-state index in [1.54, 1.807) is 0 Å². The monoisotopic (exact) mass is 374 g/mol. The average Bonchev–Trinajstić information content (AvgIpc) is 3.37. The molecule has 27 heavy (non-hydrogen) atoms. The summed E-state index contributed by atoms with van der Waals surface area (Å²) in [6.07, 6.45) is 4.43. The number of aryl methyl sites for hydroxylation is 2. The number of nitrogens with one attached hydrogen (secondary N) is 1. The fourth-order valence-electron chi connectivity index (χ4n) is 3.57. The minimum atomic E-state index is -0.772. The molecular weight excluding hydrogens is 344 g/mol. The lowest BCUT2D eigenvalue weighted by Crippen LogP contribution is -2.55. The van der Waals surface area contributed by atoms with Crippen LogP contribution >= 0.6 is 0 Å². The van der Waals surface area contributed by atoms with Crippen molar-refractivity contribution in [1.82, 2.24) is 10.2 Å². The lowest BCUT2D eigenvalue weighted by Gasteiger charge is -2.42. The van der Waals surface area contributed by atoms with Crippen LogP contribution in [0.1, 0.15) is 43.2 Å². The van der Waals surface area contributed by atoms with Gasteiger partial charge in [-0.1, -0.05) is 12.1 Å². The highest BCUT2D eigenvalue weighted by atomic mass is 16.5. The first-order valence-electron chi connectivity index (χ1n) is 9.86. The molecule has 1 aromatic rings. The third kappa shape index (κ3) is 5.96. The van der Waals surface area contributed by atoms with E-state index in [1.165, 1.54) is 12.8 Å². The van der Waals surface area contributed by atoms with E-state index < -0.39 is 5.97 Å². The zero-order valence-corrected chi connectivity index (χ0v) is 16.2. The van der Waals surface area contributed by atoms with Crippen molar-refractivity contribution in [2.45, 2.75) is 58.0 Å². The maximum absolute atomic E-state index is 12.1. The van der Waals surface area contributed by atoms with Gasteiger partial charge in [0, 0.05) is 18.6 Å². The van der Waals surface area contributed by atoms with Crippen LogP contribution in [0.15, 0.2) is 18.2 Å². The minimum absolute atomic E-state index is 0.00395. The van der Waals surface area contributed by atoms with Crippen LogP contribution < -0.4 is 10.1 Å². The van der Waals surface area contributed by atoms with Gasteiger partial charge in [-0.05, 0) is 62.6 Å². The van der Waals surface area contributed by atoms with E-state index in [4.69, 9.17) is 9.84 Å². The van der Waals surface area contributed by atoms with Gasteiger partial charge in [0.2, 0.25) is 5.91 Å². The first kappa shape index (κ1) is 19.7. The second-order valence-electron chi connectivity index (χ2n) is 8.02. The topological polar surface area (TPSA) is 78.9 Å². The zero-order chi connectivity index (χ0) is 19.4. The zero-order valence-electron chi connectivity index (χ0n) is 16.2. The summed E-state index contributed by atoms with van der Waals surface area (Å²) in [7, 11) is 0. The molecule has 0 aliphatic heterocycles. The number of amides is 1. The van der Waals surface area contributed by atoms with Crippen LogP contribution in [-0.2, 0) is 9.59 Å². The minimum Gasteiger partial charge on any atom is -0.493 e. The molecule has 0 bridgehead atoms. The summed E-state index contributed by atoms with van der Waals surface area (Å²) < 4.78 is 5.74. The molecule has 148 valence electrons. The van der Waals surface area contributed by atoms with Gasteiger partial charge in [0.05, 0.1) is 19.6 Å². The molecule has 0 unspecified atom stereocenters. The van der Waals surface area contributed by atoms with E-state index in [2.05, 4.69) is 10.2 Å². The van der Waals surface area contributed by atoms with Crippen LogP contribution in [0.25, 0.3) is 0 Å². The highest BCUT2D eigenvalue weighted by Crippen LogP contribution is 2.33. The normalized spacial score (nSPS) is 21.6. The summed E-state index contributed by atoms with van der Waals surface area (Å²) in [5.41, 5.74) is 2.20. The number of hydrogen-bond donors (Lipinski definition) is 2. The number of aliphatic carboxylic acids is 1. The first-order chi connectivity index (χ1) is 12.9. The molecule has 0 heterocycles. The highest BCUT2D eigenvalue weighted by molar-refractivity contribution is 5.76. The van der Waals surface area contributed by atoms with Crippen molar-refractivity contribution in [3.05, 3.63) is 29.3 Å². The van der Waals surface area contributed by atoms with E-state index in [1.807, 2.05) is 32.0 Å². The van der Waals surface area contributed by atoms with Gasteiger partial charge in [-0.15, -0.1) is 0 Å². The number of rotatable bonds is 10. The molecule has 0 atom stereocenters. The van der Waals surface area contributed by atoms with Crippen LogP contribution in [0.3, 0.4) is 0 Å².